The summed E-state index contributed by atoms with van der Waals surface area (Å²) in [5, 5.41) is 13.6. The number of aryl methyl sites for hydroxylation is 1. The minimum Gasteiger partial charge on any atom is -0.478 e. The first kappa shape index (κ1) is 14.5. The normalized spacial score (nSPS) is 10.8. The lowest BCUT2D eigenvalue weighted by atomic mass is 10.1. The van der Waals surface area contributed by atoms with Crippen LogP contribution in [-0.2, 0) is 6.42 Å². The topological polar surface area (TPSA) is 55.1 Å². The number of rotatable bonds is 4. The van der Waals surface area contributed by atoms with Crippen LogP contribution >= 0.6 is 11.6 Å². The molecular formula is C14H14ClFN2O2. The molecule has 1 heterocycles. The lowest BCUT2D eigenvalue weighted by Gasteiger charge is -2.05. The second-order valence-corrected chi connectivity index (χ2v) is 4.88. The van der Waals surface area contributed by atoms with Crippen molar-refractivity contribution in [3.8, 4) is 5.69 Å². The Balaban J connectivity index is 2.59. The smallest absolute Gasteiger partial charge is 0.339 e. The zero-order valence-corrected chi connectivity index (χ0v) is 11.9. The van der Waals surface area contributed by atoms with Gasteiger partial charge in [0.15, 0.2) is 0 Å². The molecule has 0 aliphatic carbocycles. The van der Waals surface area contributed by atoms with Crippen molar-refractivity contribution in [3.05, 3.63) is 46.0 Å². The summed E-state index contributed by atoms with van der Waals surface area (Å²) < 4.78 is 14.7. The van der Waals surface area contributed by atoms with Crippen molar-refractivity contribution >= 4 is 17.6 Å². The van der Waals surface area contributed by atoms with Gasteiger partial charge in [0.05, 0.1) is 22.1 Å². The van der Waals surface area contributed by atoms with Crippen molar-refractivity contribution < 1.29 is 14.3 Å². The van der Waals surface area contributed by atoms with Crippen LogP contribution in [0.1, 0.15) is 35.1 Å². The second kappa shape index (κ2) is 5.63. The van der Waals surface area contributed by atoms with Crippen LogP contribution in [0, 0.1) is 12.7 Å². The summed E-state index contributed by atoms with van der Waals surface area (Å²) in [6.07, 6.45) is 1.37. The molecule has 1 aromatic heterocycles. The van der Waals surface area contributed by atoms with Gasteiger partial charge in [-0.3, -0.25) is 0 Å². The number of carbonyl (C=O) groups is 1. The largest absolute Gasteiger partial charge is 0.478 e. The first-order valence-corrected chi connectivity index (χ1v) is 6.60. The average molecular weight is 297 g/mol. The number of carboxylic acid groups (broad SMARTS) is 1. The van der Waals surface area contributed by atoms with Gasteiger partial charge in [0.1, 0.15) is 11.4 Å². The Morgan fingerprint density at radius 1 is 1.50 bits per heavy atom. The minimum absolute atomic E-state index is 0.0219. The van der Waals surface area contributed by atoms with Crippen LogP contribution < -0.4 is 0 Å². The van der Waals surface area contributed by atoms with E-state index in [1.165, 1.54) is 22.9 Å². The molecule has 0 radical (unpaired) electrons. The van der Waals surface area contributed by atoms with Gasteiger partial charge in [0, 0.05) is 0 Å². The molecule has 1 aromatic carbocycles. The zero-order chi connectivity index (χ0) is 14.9. The van der Waals surface area contributed by atoms with E-state index in [-0.39, 0.29) is 10.6 Å². The molecule has 2 aromatic rings. The van der Waals surface area contributed by atoms with E-state index in [0.29, 0.717) is 23.5 Å². The molecule has 1 N–H and O–H groups in total. The molecule has 106 valence electrons. The highest BCUT2D eigenvalue weighted by molar-refractivity contribution is 6.30. The van der Waals surface area contributed by atoms with Crippen molar-refractivity contribution in [3.63, 3.8) is 0 Å². The highest BCUT2D eigenvalue weighted by Crippen LogP contribution is 2.23. The van der Waals surface area contributed by atoms with Crippen LogP contribution in [0.2, 0.25) is 5.02 Å². The lowest BCUT2D eigenvalue weighted by Crippen LogP contribution is -2.03. The predicted octanol–water partition coefficient (Wildman–Crippen LogP) is 3.62. The van der Waals surface area contributed by atoms with Crippen molar-refractivity contribution in [2.24, 2.45) is 0 Å². The molecule has 20 heavy (non-hydrogen) atoms. The summed E-state index contributed by atoms with van der Waals surface area (Å²) in [6, 6.07) is 4.18. The molecule has 0 bridgehead atoms. The van der Waals surface area contributed by atoms with Crippen molar-refractivity contribution in [1.29, 1.82) is 0 Å². The molecule has 0 aliphatic heterocycles. The number of hydrogen-bond acceptors (Lipinski definition) is 2. The van der Waals surface area contributed by atoms with Crippen LogP contribution in [0.15, 0.2) is 18.2 Å². The summed E-state index contributed by atoms with van der Waals surface area (Å²) in [5.41, 5.74) is 1.77. The van der Waals surface area contributed by atoms with Crippen LogP contribution in [0.5, 0.6) is 0 Å². The summed E-state index contributed by atoms with van der Waals surface area (Å²) >= 11 is 5.75. The van der Waals surface area contributed by atoms with E-state index in [0.717, 1.165) is 6.42 Å². The molecule has 0 fully saturated rings. The Hall–Kier alpha value is -1.88. The van der Waals surface area contributed by atoms with E-state index in [2.05, 4.69) is 5.10 Å². The van der Waals surface area contributed by atoms with Gasteiger partial charge in [-0.05, 0) is 31.5 Å². The maximum atomic E-state index is 13.2. The zero-order valence-electron chi connectivity index (χ0n) is 11.2. The lowest BCUT2D eigenvalue weighted by molar-refractivity contribution is 0.0695. The molecule has 4 nitrogen and oxygen atoms in total. The van der Waals surface area contributed by atoms with Crippen molar-refractivity contribution in [2.45, 2.75) is 26.7 Å². The third kappa shape index (κ3) is 2.54. The van der Waals surface area contributed by atoms with Crippen LogP contribution in [0.25, 0.3) is 5.69 Å². The Kier molecular flexibility index (Phi) is 4.09. The number of benzene rings is 1. The van der Waals surface area contributed by atoms with E-state index in [1.807, 2.05) is 6.92 Å². The van der Waals surface area contributed by atoms with E-state index < -0.39 is 11.8 Å². The number of nitrogens with zero attached hydrogens (tertiary/aromatic N) is 2. The van der Waals surface area contributed by atoms with E-state index in [9.17, 15) is 14.3 Å². The van der Waals surface area contributed by atoms with Gasteiger partial charge < -0.3 is 5.11 Å². The molecule has 0 unspecified atom stereocenters. The second-order valence-electron chi connectivity index (χ2n) is 4.47. The van der Waals surface area contributed by atoms with Crippen molar-refractivity contribution in [1.82, 2.24) is 9.78 Å². The summed E-state index contributed by atoms with van der Waals surface area (Å²) in [6.45, 7) is 3.63. The molecule has 0 aliphatic rings. The van der Waals surface area contributed by atoms with Gasteiger partial charge in [-0.15, -0.1) is 0 Å². The molecule has 0 amide bonds. The van der Waals surface area contributed by atoms with Crippen molar-refractivity contribution in [2.75, 3.05) is 0 Å². The molecule has 2 rings (SSSR count). The van der Waals surface area contributed by atoms with E-state index in [1.54, 1.807) is 6.92 Å². The van der Waals surface area contributed by atoms with Gasteiger partial charge in [-0.2, -0.15) is 5.10 Å². The standard InChI is InChI=1S/C14H14ClFN2O2/c1-3-4-12-13(14(19)20)8(2)18(17-12)9-5-6-11(16)10(15)7-9/h5-7H,3-4H2,1-2H3,(H,19,20). The minimum atomic E-state index is -1.01. The summed E-state index contributed by atoms with van der Waals surface area (Å²) in [5.74, 6) is -1.53. The molecule has 6 heteroatoms. The van der Waals surface area contributed by atoms with Gasteiger partial charge in [0.2, 0.25) is 0 Å². The SMILES string of the molecule is CCCc1nn(-c2ccc(F)c(Cl)c2)c(C)c1C(=O)O. The number of aromatic carboxylic acids is 1. The monoisotopic (exact) mass is 296 g/mol. The Bertz CT molecular complexity index is 667. The quantitative estimate of drug-likeness (QED) is 0.937. The van der Waals surface area contributed by atoms with Gasteiger partial charge in [-0.25, -0.2) is 13.9 Å². The number of aromatic nitrogens is 2. The van der Waals surface area contributed by atoms with Gasteiger partial charge in [0.25, 0.3) is 0 Å². The first-order chi connectivity index (χ1) is 9.45. The average Bonchev–Trinajstić information content (AvgIpc) is 2.70. The number of halogens is 2. The Labute approximate surface area is 120 Å². The third-order valence-corrected chi connectivity index (χ3v) is 3.33. The molecule has 0 spiro atoms. The van der Waals surface area contributed by atoms with E-state index in [4.69, 9.17) is 11.6 Å². The molecule has 0 saturated heterocycles. The Morgan fingerprint density at radius 3 is 2.75 bits per heavy atom. The highest BCUT2D eigenvalue weighted by atomic mass is 35.5. The fraction of sp³-hybridized carbons (Fsp3) is 0.286. The van der Waals surface area contributed by atoms with Crippen LogP contribution in [0.3, 0.4) is 0 Å². The van der Waals surface area contributed by atoms with Crippen LogP contribution in [-0.4, -0.2) is 20.9 Å². The molecule has 0 atom stereocenters. The predicted molar refractivity (Wildman–Crippen MR) is 74.2 cm³/mol. The Morgan fingerprint density at radius 2 is 2.20 bits per heavy atom. The number of hydrogen-bond donors (Lipinski definition) is 1. The number of carboxylic acids is 1. The molecular weight excluding hydrogens is 283 g/mol. The fourth-order valence-electron chi connectivity index (χ4n) is 2.12. The van der Waals surface area contributed by atoms with Gasteiger partial charge >= 0.3 is 5.97 Å². The fourth-order valence-corrected chi connectivity index (χ4v) is 2.29. The molecule has 0 saturated carbocycles. The maximum Gasteiger partial charge on any atom is 0.339 e. The first-order valence-electron chi connectivity index (χ1n) is 6.23. The van der Waals surface area contributed by atoms with E-state index >= 15 is 0 Å². The van der Waals surface area contributed by atoms with Gasteiger partial charge in [-0.1, -0.05) is 24.9 Å². The third-order valence-electron chi connectivity index (χ3n) is 3.04. The van der Waals surface area contributed by atoms with Crippen LogP contribution in [0.4, 0.5) is 4.39 Å². The summed E-state index contributed by atoms with van der Waals surface area (Å²) in [4.78, 5) is 11.3. The summed E-state index contributed by atoms with van der Waals surface area (Å²) in [7, 11) is 0. The highest BCUT2D eigenvalue weighted by Gasteiger charge is 2.21. The maximum absolute atomic E-state index is 13.2.